The number of thiophene rings is 1. The molecule has 27 heavy (non-hydrogen) atoms. The van der Waals surface area contributed by atoms with Crippen molar-refractivity contribution in [3.8, 4) is 0 Å². The monoisotopic (exact) mass is 403 g/mol. The number of carbonyl (C=O) groups is 1. The molecule has 1 amide bonds. The van der Waals surface area contributed by atoms with Crippen molar-refractivity contribution in [2.24, 2.45) is 0 Å². The number of amides is 1. The Morgan fingerprint density at radius 3 is 2.56 bits per heavy atom. The molecule has 0 N–H and O–H groups in total. The maximum absolute atomic E-state index is 12.8. The summed E-state index contributed by atoms with van der Waals surface area (Å²) in [6.45, 7) is 6.02. The number of carbonyl (C=O) groups excluding carboxylic acids is 1. The van der Waals surface area contributed by atoms with Gasteiger partial charge in [-0.2, -0.15) is 0 Å². The molecule has 6 heteroatoms. The molecule has 0 bridgehead atoms. The van der Waals surface area contributed by atoms with Crippen molar-refractivity contribution in [1.29, 1.82) is 0 Å². The van der Waals surface area contributed by atoms with Crippen LogP contribution < -0.4 is 0 Å². The number of nitrogens with zero attached hydrogens (tertiary/aromatic N) is 3. The van der Waals surface area contributed by atoms with Crippen LogP contribution in [0.3, 0.4) is 0 Å². The maximum Gasteiger partial charge on any atom is 0.236 e. The second kappa shape index (κ2) is 8.74. The molecule has 2 fully saturated rings. The van der Waals surface area contributed by atoms with E-state index >= 15 is 0 Å². The molecule has 2 aliphatic heterocycles. The Bertz CT molecular complexity index is 741. The Labute approximate surface area is 170 Å². The summed E-state index contributed by atoms with van der Waals surface area (Å²) >= 11 is 7.77. The first-order chi connectivity index (χ1) is 13.2. The van der Waals surface area contributed by atoms with Gasteiger partial charge < -0.3 is 4.90 Å². The SMILES string of the molecule is O=C(CN1CCCC1c1cccs1)N1CCN(Cc2ccc(Cl)cc2)CC1. The Balaban J connectivity index is 1.26. The third-order valence-electron chi connectivity index (χ3n) is 5.62. The molecule has 4 nitrogen and oxygen atoms in total. The lowest BCUT2D eigenvalue weighted by Crippen LogP contribution is -2.50. The summed E-state index contributed by atoms with van der Waals surface area (Å²) in [6.07, 6.45) is 2.35. The van der Waals surface area contributed by atoms with Crippen LogP contribution in [0, 0.1) is 0 Å². The van der Waals surface area contributed by atoms with Crippen LogP contribution >= 0.6 is 22.9 Å². The van der Waals surface area contributed by atoms with E-state index in [1.54, 1.807) is 0 Å². The summed E-state index contributed by atoms with van der Waals surface area (Å²) in [6, 6.07) is 12.8. The van der Waals surface area contributed by atoms with Crippen LogP contribution in [-0.4, -0.2) is 59.9 Å². The van der Waals surface area contributed by atoms with E-state index < -0.39 is 0 Å². The van der Waals surface area contributed by atoms with Crippen molar-refractivity contribution in [3.63, 3.8) is 0 Å². The third-order valence-corrected chi connectivity index (χ3v) is 6.84. The van der Waals surface area contributed by atoms with Crippen LogP contribution in [0.25, 0.3) is 0 Å². The van der Waals surface area contributed by atoms with Gasteiger partial charge in [-0.1, -0.05) is 29.8 Å². The summed E-state index contributed by atoms with van der Waals surface area (Å²) in [5.41, 5.74) is 1.27. The molecule has 1 aromatic heterocycles. The number of benzene rings is 1. The van der Waals surface area contributed by atoms with Gasteiger partial charge in [-0.05, 0) is 48.5 Å². The van der Waals surface area contributed by atoms with E-state index in [9.17, 15) is 4.79 Å². The number of rotatable bonds is 5. The molecular weight excluding hydrogens is 378 g/mol. The number of hydrogen-bond acceptors (Lipinski definition) is 4. The van der Waals surface area contributed by atoms with Gasteiger partial charge in [0.15, 0.2) is 0 Å². The molecule has 2 aliphatic rings. The Kier molecular flexibility index (Phi) is 6.13. The first-order valence-electron chi connectivity index (χ1n) is 9.71. The highest BCUT2D eigenvalue weighted by atomic mass is 35.5. The van der Waals surface area contributed by atoms with Crippen LogP contribution in [-0.2, 0) is 11.3 Å². The topological polar surface area (TPSA) is 26.8 Å². The fourth-order valence-electron chi connectivity index (χ4n) is 4.10. The molecule has 3 heterocycles. The summed E-state index contributed by atoms with van der Waals surface area (Å²) in [5.74, 6) is 0.282. The maximum atomic E-state index is 12.8. The molecule has 0 saturated carbocycles. The molecular formula is C21H26ClN3OS. The quantitative estimate of drug-likeness (QED) is 0.757. The smallest absolute Gasteiger partial charge is 0.236 e. The van der Waals surface area contributed by atoms with Crippen molar-refractivity contribution in [3.05, 3.63) is 57.2 Å². The molecule has 1 atom stereocenters. The Morgan fingerprint density at radius 1 is 1.07 bits per heavy atom. The van der Waals surface area contributed by atoms with E-state index in [1.165, 1.54) is 23.3 Å². The standard InChI is InChI=1S/C21H26ClN3OS/c22-18-7-5-17(6-8-18)15-23-10-12-24(13-11-23)21(26)16-25-9-1-3-19(25)20-4-2-14-27-20/h2,4-8,14,19H,1,3,9-13,15-16H2. The van der Waals surface area contributed by atoms with Gasteiger partial charge in [0, 0.05) is 48.7 Å². The molecule has 0 aliphatic carbocycles. The number of halogens is 1. The minimum atomic E-state index is 0.282. The lowest BCUT2D eigenvalue weighted by molar-refractivity contribution is -0.134. The van der Waals surface area contributed by atoms with E-state index in [2.05, 4.69) is 39.4 Å². The van der Waals surface area contributed by atoms with Crippen LogP contribution in [0.2, 0.25) is 5.02 Å². The van der Waals surface area contributed by atoms with Gasteiger partial charge in [-0.25, -0.2) is 0 Å². The second-order valence-electron chi connectivity index (χ2n) is 7.43. The van der Waals surface area contributed by atoms with Crippen LogP contribution in [0.4, 0.5) is 0 Å². The Hall–Kier alpha value is -1.40. The molecule has 1 unspecified atom stereocenters. The Morgan fingerprint density at radius 2 is 1.85 bits per heavy atom. The predicted octanol–water partition coefficient (Wildman–Crippen LogP) is 3.88. The predicted molar refractivity (Wildman–Crippen MR) is 111 cm³/mol. The molecule has 144 valence electrons. The van der Waals surface area contributed by atoms with Gasteiger partial charge in [0.05, 0.1) is 6.54 Å². The minimum Gasteiger partial charge on any atom is -0.339 e. The van der Waals surface area contributed by atoms with Gasteiger partial charge >= 0.3 is 0 Å². The summed E-state index contributed by atoms with van der Waals surface area (Å²) in [7, 11) is 0. The van der Waals surface area contributed by atoms with E-state index in [-0.39, 0.29) is 5.91 Å². The molecule has 0 radical (unpaired) electrons. The number of piperazine rings is 1. The molecule has 2 saturated heterocycles. The normalized spacial score (nSPS) is 21.7. The van der Waals surface area contributed by atoms with E-state index in [1.807, 2.05) is 28.4 Å². The third kappa shape index (κ3) is 4.72. The zero-order valence-corrected chi connectivity index (χ0v) is 17.1. The average Bonchev–Trinajstić information content (AvgIpc) is 3.35. The average molecular weight is 404 g/mol. The first-order valence-corrected chi connectivity index (χ1v) is 11.0. The van der Waals surface area contributed by atoms with Crippen molar-refractivity contribution in [1.82, 2.24) is 14.7 Å². The van der Waals surface area contributed by atoms with Crippen molar-refractivity contribution < 1.29 is 4.79 Å². The largest absolute Gasteiger partial charge is 0.339 e. The zero-order valence-electron chi connectivity index (χ0n) is 15.5. The van der Waals surface area contributed by atoms with E-state index in [4.69, 9.17) is 11.6 Å². The van der Waals surface area contributed by atoms with Gasteiger partial charge in [-0.3, -0.25) is 14.6 Å². The van der Waals surface area contributed by atoms with Gasteiger partial charge in [0.1, 0.15) is 0 Å². The fraction of sp³-hybridized carbons (Fsp3) is 0.476. The van der Waals surface area contributed by atoms with Crippen LogP contribution in [0.5, 0.6) is 0 Å². The van der Waals surface area contributed by atoms with Gasteiger partial charge in [0.25, 0.3) is 0 Å². The van der Waals surface area contributed by atoms with E-state index in [0.29, 0.717) is 12.6 Å². The van der Waals surface area contributed by atoms with Crippen LogP contribution in [0.15, 0.2) is 41.8 Å². The molecule has 1 aromatic carbocycles. The lowest BCUT2D eigenvalue weighted by atomic mass is 10.2. The minimum absolute atomic E-state index is 0.282. The number of hydrogen-bond donors (Lipinski definition) is 0. The van der Waals surface area contributed by atoms with Crippen molar-refractivity contribution in [2.45, 2.75) is 25.4 Å². The van der Waals surface area contributed by atoms with Gasteiger partial charge in [-0.15, -0.1) is 11.3 Å². The zero-order chi connectivity index (χ0) is 18.6. The second-order valence-corrected chi connectivity index (χ2v) is 8.84. The first kappa shape index (κ1) is 18.9. The molecule has 4 rings (SSSR count). The summed E-state index contributed by atoms with van der Waals surface area (Å²) in [5, 5.41) is 2.91. The number of likely N-dealkylation sites (tertiary alicyclic amines) is 1. The molecule has 0 spiro atoms. The highest BCUT2D eigenvalue weighted by molar-refractivity contribution is 7.10. The van der Waals surface area contributed by atoms with Crippen molar-refractivity contribution >= 4 is 28.8 Å². The fourth-order valence-corrected chi connectivity index (χ4v) is 5.12. The highest BCUT2D eigenvalue weighted by Gasteiger charge is 2.30. The van der Waals surface area contributed by atoms with Gasteiger partial charge in [0.2, 0.25) is 5.91 Å². The summed E-state index contributed by atoms with van der Waals surface area (Å²) < 4.78 is 0. The lowest BCUT2D eigenvalue weighted by Gasteiger charge is -2.36. The summed E-state index contributed by atoms with van der Waals surface area (Å²) in [4.78, 5) is 21.0. The van der Waals surface area contributed by atoms with Crippen LogP contribution in [0.1, 0.15) is 29.3 Å². The highest BCUT2D eigenvalue weighted by Crippen LogP contribution is 2.34. The molecule has 2 aromatic rings. The van der Waals surface area contributed by atoms with Crippen molar-refractivity contribution in [2.75, 3.05) is 39.3 Å². The van der Waals surface area contributed by atoms with E-state index in [0.717, 1.165) is 44.3 Å².